The van der Waals surface area contributed by atoms with Gasteiger partial charge in [-0.3, -0.25) is 4.79 Å². The molecule has 19 heavy (non-hydrogen) atoms. The average Bonchev–Trinajstić information content (AvgIpc) is 2.80. The average molecular weight is 427 g/mol. The Balaban J connectivity index is 2.01. The Morgan fingerprint density at radius 1 is 1.47 bits per heavy atom. The van der Waals surface area contributed by atoms with Crippen LogP contribution in [0.1, 0.15) is 10.7 Å². The first-order valence-electron chi connectivity index (χ1n) is 5.32. The molecule has 0 aliphatic carbocycles. The van der Waals surface area contributed by atoms with Crippen molar-refractivity contribution in [1.29, 1.82) is 0 Å². The Bertz CT molecular complexity index is 603. The summed E-state index contributed by atoms with van der Waals surface area (Å²) >= 11 is 15.3. The van der Waals surface area contributed by atoms with Crippen LogP contribution in [0.25, 0.3) is 0 Å². The van der Waals surface area contributed by atoms with E-state index in [2.05, 4.69) is 32.9 Å². The molecule has 0 bridgehead atoms. The van der Waals surface area contributed by atoms with Gasteiger partial charge in [0.1, 0.15) is 5.01 Å². The van der Waals surface area contributed by atoms with E-state index in [1.807, 2.05) is 11.4 Å². The Labute approximate surface area is 138 Å². The smallest absolute Gasteiger partial charge is 0.231 e. The highest BCUT2D eigenvalue weighted by molar-refractivity contribution is 14.1. The van der Waals surface area contributed by atoms with Gasteiger partial charge in [-0.05, 0) is 40.8 Å². The van der Waals surface area contributed by atoms with E-state index >= 15 is 0 Å². The van der Waals surface area contributed by atoms with Gasteiger partial charge < -0.3 is 5.32 Å². The zero-order valence-corrected chi connectivity index (χ0v) is 14.1. The molecule has 0 fully saturated rings. The molecule has 7 heteroatoms. The minimum Gasteiger partial charge on any atom is -0.324 e. The van der Waals surface area contributed by atoms with Gasteiger partial charge in [-0.1, -0.05) is 11.6 Å². The van der Waals surface area contributed by atoms with Crippen molar-refractivity contribution in [3.8, 4) is 0 Å². The fraction of sp³-hybridized carbons (Fsp3) is 0.167. The van der Waals surface area contributed by atoms with Gasteiger partial charge in [-0.25, -0.2) is 4.98 Å². The maximum Gasteiger partial charge on any atom is 0.231 e. The molecule has 100 valence electrons. The Kier molecular flexibility index (Phi) is 5.44. The van der Waals surface area contributed by atoms with Crippen LogP contribution in [-0.2, 0) is 17.1 Å². The fourth-order valence-electron chi connectivity index (χ4n) is 1.41. The third kappa shape index (κ3) is 4.30. The number of carbonyl (C=O) groups excluding carboxylic acids is 1. The van der Waals surface area contributed by atoms with Crippen molar-refractivity contribution in [1.82, 2.24) is 4.98 Å². The van der Waals surface area contributed by atoms with Crippen molar-refractivity contribution in [3.05, 3.63) is 42.9 Å². The minimum absolute atomic E-state index is 0.140. The van der Waals surface area contributed by atoms with Crippen molar-refractivity contribution >= 4 is 68.7 Å². The van der Waals surface area contributed by atoms with Crippen molar-refractivity contribution < 1.29 is 4.79 Å². The first kappa shape index (κ1) is 15.0. The van der Waals surface area contributed by atoms with Gasteiger partial charge in [0.15, 0.2) is 0 Å². The fourth-order valence-corrected chi connectivity index (χ4v) is 3.34. The molecule has 1 aromatic carbocycles. The van der Waals surface area contributed by atoms with Crippen LogP contribution in [0, 0.1) is 3.57 Å². The van der Waals surface area contributed by atoms with Gasteiger partial charge >= 0.3 is 0 Å². The van der Waals surface area contributed by atoms with Crippen molar-refractivity contribution in [3.63, 3.8) is 0 Å². The molecular formula is C12H9Cl2IN2OS. The number of aromatic nitrogens is 1. The highest BCUT2D eigenvalue weighted by Crippen LogP contribution is 2.24. The second-order valence-corrected chi connectivity index (χ2v) is 6.58. The van der Waals surface area contributed by atoms with Gasteiger partial charge in [-0.2, -0.15) is 0 Å². The third-order valence-corrected chi connectivity index (χ3v) is 4.41. The van der Waals surface area contributed by atoms with E-state index in [-0.39, 0.29) is 12.3 Å². The number of hydrogen-bond donors (Lipinski definition) is 1. The lowest BCUT2D eigenvalue weighted by Gasteiger charge is -2.06. The molecule has 1 N–H and O–H groups in total. The number of thiazole rings is 1. The third-order valence-electron chi connectivity index (χ3n) is 2.25. The van der Waals surface area contributed by atoms with Crippen LogP contribution in [-0.4, -0.2) is 10.9 Å². The molecular weight excluding hydrogens is 418 g/mol. The molecule has 3 nitrogen and oxygen atoms in total. The maximum absolute atomic E-state index is 11.9. The number of nitrogens with zero attached hydrogens (tertiary/aromatic N) is 1. The zero-order valence-electron chi connectivity index (χ0n) is 9.62. The summed E-state index contributed by atoms with van der Waals surface area (Å²) in [5.74, 6) is 0.222. The highest BCUT2D eigenvalue weighted by Gasteiger charge is 2.10. The lowest BCUT2D eigenvalue weighted by Crippen LogP contribution is -2.14. The van der Waals surface area contributed by atoms with E-state index in [0.717, 1.165) is 14.3 Å². The molecule has 2 aromatic rings. The number of halogens is 3. The number of alkyl halides is 1. The van der Waals surface area contributed by atoms with E-state index < -0.39 is 0 Å². The summed E-state index contributed by atoms with van der Waals surface area (Å²) in [5.41, 5.74) is 1.41. The van der Waals surface area contributed by atoms with E-state index in [9.17, 15) is 4.79 Å². The number of amides is 1. The number of carbonyl (C=O) groups is 1. The normalized spacial score (nSPS) is 10.5. The lowest BCUT2D eigenvalue weighted by atomic mass is 10.3. The first-order chi connectivity index (χ1) is 9.08. The summed E-state index contributed by atoms with van der Waals surface area (Å²) in [4.78, 5) is 16.1. The summed E-state index contributed by atoms with van der Waals surface area (Å²) < 4.78 is 1.02. The van der Waals surface area contributed by atoms with Gasteiger partial charge in [0.05, 0.1) is 28.7 Å². The summed E-state index contributed by atoms with van der Waals surface area (Å²) in [6.45, 7) is 0. The number of nitrogens with one attached hydrogen (secondary N) is 1. The molecule has 0 radical (unpaired) electrons. The molecule has 0 saturated heterocycles. The minimum atomic E-state index is -0.140. The van der Waals surface area contributed by atoms with E-state index in [4.69, 9.17) is 23.2 Å². The Hall–Kier alpha value is -0.370. The first-order valence-corrected chi connectivity index (χ1v) is 8.19. The Morgan fingerprint density at radius 2 is 2.26 bits per heavy atom. The van der Waals surface area contributed by atoms with Crippen LogP contribution in [0.2, 0.25) is 5.02 Å². The van der Waals surface area contributed by atoms with E-state index in [1.165, 1.54) is 11.3 Å². The van der Waals surface area contributed by atoms with Gasteiger partial charge in [0.2, 0.25) is 5.91 Å². The molecule has 0 aliphatic rings. The number of benzene rings is 1. The summed E-state index contributed by atoms with van der Waals surface area (Å²) in [6.07, 6.45) is 0.226. The predicted octanol–water partition coefficient (Wildman–Crippen LogP) is 4.32. The van der Waals surface area contributed by atoms with Crippen molar-refractivity contribution in [2.24, 2.45) is 0 Å². The lowest BCUT2D eigenvalue weighted by molar-refractivity contribution is -0.115. The van der Waals surface area contributed by atoms with Crippen LogP contribution in [0.4, 0.5) is 5.69 Å². The summed E-state index contributed by atoms with van der Waals surface area (Å²) in [5, 5.41) is 5.90. The molecule has 0 aliphatic heterocycles. The summed E-state index contributed by atoms with van der Waals surface area (Å²) in [7, 11) is 0. The van der Waals surface area contributed by atoms with Crippen molar-refractivity contribution in [2.75, 3.05) is 5.32 Å². The van der Waals surface area contributed by atoms with E-state index in [0.29, 0.717) is 16.6 Å². The molecule has 1 amide bonds. The maximum atomic E-state index is 11.9. The van der Waals surface area contributed by atoms with Crippen LogP contribution in [0.15, 0.2) is 23.6 Å². The second-order valence-electron chi connectivity index (χ2n) is 3.72. The standard InChI is InChI=1S/C12H9Cl2IN2OS/c13-5-8-6-19-12(16-8)4-11(18)17-10-2-1-7(15)3-9(10)14/h1-3,6H,4-5H2,(H,17,18). The van der Waals surface area contributed by atoms with Crippen molar-refractivity contribution in [2.45, 2.75) is 12.3 Å². The van der Waals surface area contributed by atoms with Crippen LogP contribution in [0.5, 0.6) is 0 Å². The largest absolute Gasteiger partial charge is 0.324 e. The topological polar surface area (TPSA) is 42.0 Å². The van der Waals surface area contributed by atoms with Crippen LogP contribution >= 0.6 is 57.1 Å². The number of hydrogen-bond acceptors (Lipinski definition) is 3. The highest BCUT2D eigenvalue weighted by atomic mass is 127. The molecule has 1 aromatic heterocycles. The number of rotatable bonds is 4. The molecule has 0 atom stereocenters. The number of anilines is 1. The predicted molar refractivity (Wildman–Crippen MR) is 88.2 cm³/mol. The van der Waals surface area contributed by atoms with Crippen LogP contribution in [0.3, 0.4) is 0 Å². The SMILES string of the molecule is O=C(Cc1nc(CCl)cs1)Nc1ccc(I)cc1Cl. The molecule has 0 spiro atoms. The molecule has 0 saturated carbocycles. The molecule has 1 heterocycles. The van der Waals surface area contributed by atoms with Gasteiger partial charge in [0.25, 0.3) is 0 Å². The molecule has 2 rings (SSSR count). The summed E-state index contributed by atoms with van der Waals surface area (Å²) in [6, 6.07) is 5.47. The second kappa shape index (κ2) is 6.88. The monoisotopic (exact) mass is 426 g/mol. The van der Waals surface area contributed by atoms with Gasteiger partial charge in [0, 0.05) is 8.95 Å². The van der Waals surface area contributed by atoms with E-state index in [1.54, 1.807) is 12.1 Å². The Morgan fingerprint density at radius 3 is 2.89 bits per heavy atom. The zero-order chi connectivity index (χ0) is 13.8. The van der Waals surface area contributed by atoms with Crippen LogP contribution < -0.4 is 5.32 Å². The quantitative estimate of drug-likeness (QED) is 0.584. The van der Waals surface area contributed by atoms with Gasteiger partial charge in [-0.15, -0.1) is 22.9 Å². The molecule has 0 unspecified atom stereocenters.